The highest BCUT2D eigenvalue weighted by Crippen LogP contribution is 2.27. The van der Waals surface area contributed by atoms with Gasteiger partial charge in [-0.3, -0.25) is 0 Å². The molecule has 0 aliphatic carbocycles. The summed E-state index contributed by atoms with van der Waals surface area (Å²) in [5.74, 6) is 0.626. The van der Waals surface area contributed by atoms with E-state index in [-0.39, 0.29) is 5.82 Å². The molecule has 1 heterocycles. The summed E-state index contributed by atoms with van der Waals surface area (Å²) >= 11 is 12.1. The molecule has 0 saturated carbocycles. The first-order valence-electron chi connectivity index (χ1n) is 7.50. The summed E-state index contributed by atoms with van der Waals surface area (Å²) in [5, 5.41) is 15.0. The molecule has 0 amide bonds. The van der Waals surface area contributed by atoms with Gasteiger partial charge in [-0.05, 0) is 42.3 Å². The van der Waals surface area contributed by atoms with Gasteiger partial charge in [-0.25, -0.2) is 4.39 Å². The Bertz CT molecular complexity index is 858. The van der Waals surface area contributed by atoms with Crippen LogP contribution in [-0.4, -0.2) is 21.7 Å². The molecule has 0 aliphatic heterocycles. The van der Waals surface area contributed by atoms with E-state index in [0.717, 1.165) is 12.0 Å². The van der Waals surface area contributed by atoms with Crippen molar-refractivity contribution in [1.82, 2.24) is 15.2 Å². The molecule has 8 heteroatoms. The number of rotatable bonds is 6. The van der Waals surface area contributed by atoms with Crippen LogP contribution in [0.5, 0.6) is 0 Å². The summed E-state index contributed by atoms with van der Waals surface area (Å²) in [6.45, 7) is 0.627. The number of anilines is 3. The Morgan fingerprint density at radius 2 is 1.84 bits per heavy atom. The number of benzene rings is 2. The molecule has 3 rings (SSSR count). The molecule has 3 aromatic rings. The standard InChI is InChI=1S/C17H14Cl2FN5/c18-12-3-6-14(19)15(9-12)23-17-24-16(10-22-25-17)21-8-7-11-1-4-13(20)5-2-11/h1-6,9-10H,7-8H2,(H2,21,23,24,25). The number of hydrogen-bond donors (Lipinski definition) is 2. The predicted octanol–water partition coefficient (Wildman–Crippen LogP) is 4.72. The van der Waals surface area contributed by atoms with E-state index in [1.165, 1.54) is 18.3 Å². The minimum atomic E-state index is -0.243. The maximum absolute atomic E-state index is 12.9. The zero-order valence-electron chi connectivity index (χ0n) is 13.0. The molecule has 25 heavy (non-hydrogen) atoms. The molecular formula is C17H14Cl2FN5. The monoisotopic (exact) mass is 377 g/mol. The number of nitrogens with one attached hydrogen (secondary N) is 2. The van der Waals surface area contributed by atoms with Gasteiger partial charge in [0.15, 0.2) is 5.82 Å². The lowest BCUT2D eigenvalue weighted by Crippen LogP contribution is -2.09. The zero-order valence-corrected chi connectivity index (χ0v) is 14.5. The van der Waals surface area contributed by atoms with Crippen LogP contribution in [0, 0.1) is 5.82 Å². The van der Waals surface area contributed by atoms with Crippen LogP contribution in [0.4, 0.5) is 21.8 Å². The molecule has 5 nitrogen and oxygen atoms in total. The average Bonchev–Trinajstić information content (AvgIpc) is 2.60. The third-order valence-electron chi connectivity index (χ3n) is 3.37. The lowest BCUT2D eigenvalue weighted by molar-refractivity contribution is 0.627. The lowest BCUT2D eigenvalue weighted by atomic mass is 10.1. The molecule has 0 radical (unpaired) electrons. The van der Waals surface area contributed by atoms with Crippen LogP contribution in [0.15, 0.2) is 48.7 Å². The first kappa shape index (κ1) is 17.4. The second kappa shape index (κ2) is 8.09. The summed E-state index contributed by atoms with van der Waals surface area (Å²) in [4.78, 5) is 4.33. The zero-order chi connectivity index (χ0) is 17.6. The molecule has 0 atom stereocenters. The summed E-state index contributed by atoms with van der Waals surface area (Å²) < 4.78 is 12.9. The average molecular weight is 378 g/mol. The number of aromatic nitrogens is 3. The van der Waals surface area contributed by atoms with Crippen molar-refractivity contribution in [3.63, 3.8) is 0 Å². The van der Waals surface area contributed by atoms with Crippen molar-refractivity contribution >= 4 is 40.7 Å². The maximum Gasteiger partial charge on any atom is 0.249 e. The van der Waals surface area contributed by atoms with Gasteiger partial charge in [-0.15, -0.1) is 5.10 Å². The van der Waals surface area contributed by atoms with Crippen LogP contribution in [0.2, 0.25) is 10.0 Å². The fourth-order valence-corrected chi connectivity index (χ4v) is 2.48. The van der Waals surface area contributed by atoms with E-state index in [2.05, 4.69) is 25.8 Å². The summed E-state index contributed by atoms with van der Waals surface area (Å²) in [6, 6.07) is 11.5. The van der Waals surface area contributed by atoms with E-state index in [9.17, 15) is 4.39 Å². The molecule has 1 aromatic heterocycles. The highest BCUT2D eigenvalue weighted by molar-refractivity contribution is 6.35. The highest BCUT2D eigenvalue weighted by Gasteiger charge is 2.05. The van der Waals surface area contributed by atoms with E-state index in [4.69, 9.17) is 23.2 Å². The third-order valence-corrected chi connectivity index (χ3v) is 3.93. The molecule has 128 valence electrons. The molecule has 0 fully saturated rings. The second-order valence-corrected chi connectivity index (χ2v) is 6.06. The topological polar surface area (TPSA) is 62.7 Å². The van der Waals surface area contributed by atoms with Gasteiger partial charge >= 0.3 is 0 Å². The van der Waals surface area contributed by atoms with Gasteiger partial charge in [0, 0.05) is 11.6 Å². The minimum absolute atomic E-state index is 0.243. The molecule has 0 aliphatic rings. The van der Waals surface area contributed by atoms with E-state index in [0.29, 0.717) is 34.0 Å². The Morgan fingerprint density at radius 1 is 1.04 bits per heavy atom. The Kier molecular flexibility index (Phi) is 5.63. The summed E-state index contributed by atoms with van der Waals surface area (Å²) in [6.07, 6.45) is 2.25. The number of hydrogen-bond acceptors (Lipinski definition) is 5. The van der Waals surface area contributed by atoms with Gasteiger partial charge in [0.05, 0.1) is 16.9 Å². The molecule has 0 spiro atoms. The van der Waals surface area contributed by atoms with Crippen LogP contribution in [0.3, 0.4) is 0 Å². The first-order chi connectivity index (χ1) is 12.1. The molecule has 0 bridgehead atoms. The van der Waals surface area contributed by atoms with Crippen molar-refractivity contribution in [2.75, 3.05) is 17.2 Å². The van der Waals surface area contributed by atoms with E-state index >= 15 is 0 Å². The van der Waals surface area contributed by atoms with Crippen LogP contribution in [0.1, 0.15) is 5.56 Å². The maximum atomic E-state index is 12.9. The van der Waals surface area contributed by atoms with Gasteiger partial charge < -0.3 is 10.6 Å². The summed E-state index contributed by atoms with van der Waals surface area (Å²) in [5.41, 5.74) is 1.62. The largest absolute Gasteiger partial charge is 0.368 e. The van der Waals surface area contributed by atoms with Crippen molar-refractivity contribution < 1.29 is 4.39 Å². The first-order valence-corrected chi connectivity index (χ1v) is 8.26. The third kappa shape index (κ3) is 5.01. The Hall–Kier alpha value is -2.44. The van der Waals surface area contributed by atoms with Crippen LogP contribution < -0.4 is 10.6 Å². The number of nitrogens with zero attached hydrogens (tertiary/aromatic N) is 3. The highest BCUT2D eigenvalue weighted by atomic mass is 35.5. The van der Waals surface area contributed by atoms with Crippen molar-refractivity contribution in [1.29, 1.82) is 0 Å². The fourth-order valence-electron chi connectivity index (χ4n) is 2.14. The van der Waals surface area contributed by atoms with Crippen molar-refractivity contribution in [2.24, 2.45) is 0 Å². The van der Waals surface area contributed by atoms with Gasteiger partial charge in [0.2, 0.25) is 5.95 Å². The minimum Gasteiger partial charge on any atom is -0.368 e. The molecular weight excluding hydrogens is 364 g/mol. The normalized spacial score (nSPS) is 10.5. The van der Waals surface area contributed by atoms with E-state index in [1.807, 2.05) is 0 Å². The van der Waals surface area contributed by atoms with E-state index in [1.54, 1.807) is 30.3 Å². The molecule has 0 unspecified atom stereocenters. The van der Waals surface area contributed by atoms with Crippen LogP contribution in [0.25, 0.3) is 0 Å². The lowest BCUT2D eigenvalue weighted by Gasteiger charge is -2.09. The molecule has 0 saturated heterocycles. The molecule has 2 N–H and O–H groups in total. The van der Waals surface area contributed by atoms with Gasteiger partial charge in [0.25, 0.3) is 0 Å². The van der Waals surface area contributed by atoms with E-state index < -0.39 is 0 Å². The van der Waals surface area contributed by atoms with Gasteiger partial charge in [-0.2, -0.15) is 10.1 Å². The Balaban J connectivity index is 1.61. The van der Waals surface area contributed by atoms with Gasteiger partial charge in [0.1, 0.15) is 5.82 Å². The Morgan fingerprint density at radius 3 is 2.64 bits per heavy atom. The van der Waals surface area contributed by atoms with Crippen LogP contribution in [-0.2, 0) is 6.42 Å². The van der Waals surface area contributed by atoms with Crippen LogP contribution >= 0.6 is 23.2 Å². The van der Waals surface area contributed by atoms with Crippen molar-refractivity contribution in [3.05, 3.63) is 70.1 Å². The summed E-state index contributed by atoms with van der Waals surface area (Å²) in [7, 11) is 0. The van der Waals surface area contributed by atoms with Crippen molar-refractivity contribution in [3.8, 4) is 0 Å². The molecule has 2 aromatic carbocycles. The SMILES string of the molecule is Fc1ccc(CCNc2cnnc(Nc3cc(Cl)ccc3Cl)n2)cc1. The predicted molar refractivity (Wildman–Crippen MR) is 98.2 cm³/mol. The Labute approximate surface area is 154 Å². The fraction of sp³-hybridized carbons (Fsp3) is 0.118. The number of halogens is 3. The quantitative estimate of drug-likeness (QED) is 0.650. The van der Waals surface area contributed by atoms with Gasteiger partial charge in [-0.1, -0.05) is 35.3 Å². The smallest absolute Gasteiger partial charge is 0.249 e. The second-order valence-electron chi connectivity index (χ2n) is 5.22. The van der Waals surface area contributed by atoms with Crippen molar-refractivity contribution in [2.45, 2.75) is 6.42 Å².